The third-order valence-corrected chi connectivity index (χ3v) is 3.28. The van der Waals surface area contributed by atoms with E-state index in [1.165, 1.54) is 6.07 Å². The average molecular weight is 296 g/mol. The van der Waals surface area contributed by atoms with Crippen LogP contribution in [0.4, 0.5) is 19.0 Å². The third kappa shape index (κ3) is 3.48. The molecule has 8 heteroatoms. The average Bonchev–Trinajstić information content (AvgIpc) is 2.76. The molecular weight excluding hydrogens is 283 g/mol. The van der Waals surface area contributed by atoms with Crippen LogP contribution in [0.1, 0.15) is 18.7 Å². The number of anilines is 1. The molecule has 4 nitrogen and oxygen atoms in total. The Morgan fingerprint density at radius 3 is 2.79 bits per heavy atom. The van der Waals surface area contributed by atoms with Crippen molar-refractivity contribution in [3.8, 4) is 0 Å². The van der Waals surface area contributed by atoms with Crippen LogP contribution in [0.5, 0.6) is 0 Å². The first kappa shape index (κ1) is 14.3. The number of hydrogen-bond acceptors (Lipinski definition) is 4. The molecule has 106 valence electrons. The van der Waals surface area contributed by atoms with E-state index in [4.69, 9.17) is 16.7 Å². The summed E-state index contributed by atoms with van der Waals surface area (Å²) in [4.78, 5) is 8.46. The normalized spacial score (nSPS) is 20.1. The Morgan fingerprint density at radius 1 is 1.42 bits per heavy atom. The van der Waals surface area contributed by atoms with E-state index in [0.717, 1.165) is 6.42 Å². The van der Waals surface area contributed by atoms with Gasteiger partial charge in [-0.2, -0.15) is 13.2 Å². The fraction of sp³-hybridized carbons (Fsp3) is 0.636. The topological polar surface area (TPSA) is 49.2 Å². The summed E-state index contributed by atoms with van der Waals surface area (Å²) >= 11 is 5.61. The first-order valence-corrected chi connectivity index (χ1v) is 6.25. The monoisotopic (exact) mass is 295 g/mol. The van der Waals surface area contributed by atoms with Gasteiger partial charge in [0.2, 0.25) is 5.82 Å². The summed E-state index contributed by atoms with van der Waals surface area (Å²) in [6.07, 6.45) is -3.14. The minimum atomic E-state index is -4.61. The van der Waals surface area contributed by atoms with Crippen molar-refractivity contribution < 1.29 is 18.3 Å². The number of hydrogen-bond donors (Lipinski definition) is 1. The van der Waals surface area contributed by atoms with Crippen molar-refractivity contribution in [1.29, 1.82) is 0 Å². The van der Waals surface area contributed by atoms with Gasteiger partial charge in [-0.25, -0.2) is 9.97 Å². The van der Waals surface area contributed by atoms with Crippen LogP contribution in [0.25, 0.3) is 0 Å². The van der Waals surface area contributed by atoms with Gasteiger partial charge in [-0.15, -0.1) is 0 Å². The van der Waals surface area contributed by atoms with Crippen molar-refractivity contribution in [3.63, 3.8) is 0 Å². The molecule has 19 heavy (non-hydrogen) atoms. The molecule has 0 aliphatic carbocycles. The Hall–Kier alpha value is -1.08. The van der Waals surface area contributed by atoms with Gasteiger partial charge in [-0.1, -0.05) is 11.6 Å². The van der Waals surface area contributed by atoms with Crippen molar-refractivity contribution in [3.05, 3.63) is 17.0 Å². The van der Waals surface area contributed by atoms with Crippen LogP contribution in [-0.4, -0.2) is 34.8 Å². The molecule has 2 rings (SSSR count). The molecule has 0 amide bonds. The van der Waals surface area contributed by atoms with E-state index in [1.807, 2.05) is 0 Å². The predicted octanol–water partition coefficient (Wildman–Crippen LogP) is 2.36. The van der Waals surface area contributed by atoms with E-state index in [9.17, 15) is 13.2 Å². The van der Waals surface area contributed by atoms with Gasteiger partial charge in [0.15, 0.2) is 0 Å². The summed E-state index contributed by atoms with van der Waals surface area (Å²) < 4.78 is 37.8. The third-order valence-electron chi connectivity index (χ3n) is 3.08. The quantitative estimate of drug-likeness (QED) is 0.870. The van der Waals surface area contributed by atoms with Crippen LogP contribution in [0.2, 0.25) is 5.15 Å². The Bertz CT molecular complexity index is 455. The number of rotatable bonds is 3. The lowest BCUT2D eigenvalue weighted by molar-refractivity contribution is -0.144. The number of aliphatic hydroxyl groups is 1. The van der Waals surface area contributed by atoms with Crippen molar-refractivity contribution in [2.75, 3.05) is 24.6 Å². The van der Waals surface area contributed by atoms with Crippen molar-refractivity contribution in [2.24, 2.45) is 5.92 Å². The first-order valence-electron chi connectivity index (χ1n) is 5.87. The second-order valence-electron chi connectivity index (χ2n) is 4.48. The molecule has 1 fully saturated rings. The number of aliphatic hydroxyl groups excluding tert-OH is 1. The summed E-state index contributed by atoms with van der Waals surface area (Å²) in [6, 6.07) is 1.33. The summed E-state index contributed by atoms with van der Waals surface area (Å²) in [6.45, 7) is 1.26. The van der Waals surface area contributed by atoms with E-state index >= 15 is 0 Å². The maximum atomic E-state index is 12.6. The highest BCUT2D eigenvalue weighted by Gasteiger charge is 2.36. The van der Waals surface area contributed by atoms with E-state index in [2.05, 4.69) is 9.97 Å². The Kier molecular flexibility index (Phi) is 4.15. The predicted molar refractivity (Wildman–Crippen MR) is 64.1 cm³/mol. The van der Waals surface area contributed by atoms with E-state index in [-0.39, 0.29) is 23.5 Å². The highest BCUT2D eigenvalue weighted by molar-refractivity contribution is 6.29. The number of aromatic nitrogens is 2. The van der Waals surface area contributed by atoms with Crippen molar-refractivity contribution >= 4 is 17.4 Å². The van der Waals surface area contributed by atoms with E-state index in [1.54, 1.807) is 4.90 Å². The summed E-state index contributed by atoms with van der Waals surface area (Å²) in [5, 5.41) is 8.64. The Labute approximate surface area is 113 Å². The molecule has 0 saturated carbocycles. The van der Waals surface area contributed by atoms with Gasteiger partial charge in [-0.05, 0) is 18.8 Å². The molecule has 0 spiro atoms. The highest BCUT2D eigenvalue weighted by atomic mass is 35.5. The van der Waals surface area contributed by atoms with Crippen molar-refractivity contribution in [1.82, 2.24) is 9.97 Å². The van der Waals surface area contributed by atoms with Crippen LogP contribution in [0.3, 0.4) is 0 Å². The van der Waals surface area contributed by atoms with Gasteiger partial charge in [0.1, 0.15) is 11.0 Å². The van der Waals surface area contributed by atoms with Crippen LogP contribution < -0.4 is 4.90 Å². The number of halogens is 4. The maximum Gasteiger partial charge on any atom is 0.451 e. The smallest absolute Gasteiger partial charge is 0.396 e. The van der Waals surface area contributed by atoms with Gasteiger partial charge in [0.05, 0.1) is 0 Å². The number of alkyl halides is 3. The maximum absolute atomic E-state index is 12.6. The largest absolute Gasteiger partial charge is 0.451 e. The molecule has 0 radical (unpaired) electrons. The molecule has 1 aliphatic heterocycles. The van der Waals surface area contributed by atoms with Crippen LogP contribution >= 0.6 is 11.6 Å². The second kappa shape index (κ2) is 5.50. The van der Waals surface area contributed by atoms with E-state index < -0.39 is 12.0 Å². The highest BCUT2D eigenvalue weighted by Crippen LogP contribution is 2.31. The lowest BCUT2D eigenvalue weighted by Crippen LogP contribution is -2.23. The molecular formula is C11H13ClF3N3O. The zero-order chi connectivity index (χ0) is 14.0. The van der Waals surface area contributed by atoms with E-state index in [0.29, 0.717) is 19.5 Å². The van der Waals surface area contributed by atoms with Gasteiger partial charge in [-0.3, -0.25) is 0 Å². The van der Waals surface area contributed by atoms with Crippen molar-refractivity contribution in [2.45, 2.75) is 19.0 Å². The molecule has 1 aromatic rings. The first-order chi connectivity index (χ1) is 8.90. The molecule has 1 atom stereocenters. The van der Waals surface area contributed by atoms with Crippen LogP contribution in [0, 0.1) is 5.92 Å². The molecule has 1 N–H and O–H groups in total. The molecule has 1 aromatic heterocycles. The van der Waals surface area contributed by atoms with Gasteiger partial charge in [0.25, 0.3) is 0 Å². The number of nitrogens with zero attached hydrogens (tertiary/aromatic N) is 3. The standard InChI is InChI=1S/C11H13ClF3N3O/c12-8-5-9(17-10(16-8)11(13,14)15)18-3-1-7(6-18)2-4-19/h5,7,19H,1-4,6H2. The summed E-state index contributed by atoms with van der Waals surface area (Å²) in [7, 11) is 0. The van der Waals surface area contributed by atoms with Crippen LogP contribution in [0.15, 0.2) is 6.07 Å². The molecule has 0 aromatic carbocycles. The van der Waals surface area contributed by atoms with Gasteiger partial charge < -0.3 is 10.0 Å². The van der Waals surface area contributed by atoms with Gasteiger partial charge in [0, 0.05) is 25.8 Å². The Morgan fingerprint density at radius 2 is 2.16 bits per heavy atom. The fourth-order valence-corrected chi connectivity index (χ4v) is 2.33. The molecule has 2 heterocycles. The minimum Gasteiger partial charge on any atom is -0.396 e. The molecule has 1 unspecified atom stereocenters. The zero-order valence-electron chi connectivity index (χ0n) is 9.99. The lowest BCUT2D eigenvalue weighted by atomic mass is 10.1. The van der Waals surface area contributed by atoms with Crippen LogP contribution in [-0.2, 0) is 6.18 Å². The molecule has 1 saturated heterocycles. The second-order valence-corrected chi connectivity index (χ2v) is 4.87. The lowest BCUT2D eigenvalue weighted by Gasteiger charge is -2.18. The SMILES string of the molecule is OCCC1CCN(c2cc(Cl)nc(C(F)(F)F)n2)C1. The zero-order valence-corrected chi connectivity index (χ0v) is 10.7. The Balaban J connectivity index is 2.19. The molecule has 1 aliphatic rings. The molecule has 0 bridgehead atoms. The van der Waals surface area contributed by atoms with Gasteiger partial charge >= 0.3 is 6.18 Å². The summed E-state index contributed by atoms with van der Waals surface area (Å²) in [5.74, 6) is -0.763. The fourth-order valence-electron chi connectivity index (χ4n) is 2.15. The summed E-state index contributed by atoms with van der Waals surface area (Å²) in [5.41, 5.74) is 0. The minimum absolute atomic E-state index is 0.0802.